The summed E-state index contributed by atoms with van der Waals surface area (Å²) in [6.07, 6.45) is 3.55. The molecule has 0 atom stereocenters. The summed E-state index contributed by atoms with van der Waals surface area (Å²) in [7, 11) is 1.68. The van der Waals surface area contributed by atoms with E-state index in [-0.39, 0.29) is 11.8 Å². The van der Waals surface area contributed by atoms with E-state index in [1.54, 1.807) is 18.4 Å². The lowest BCUT2D eigenvalue weighted by molar-refractivity contribution is -0.126. The summed E-state index contributed by atoms with van der Waals surface area (Å²) in [5, 5.41) is 9.17. The highest BCUT2D eigenvalue weighted by Gasteiger charge is 2.25. The summed E-state index contributed by atoms with van der Waals surface area (Å²) in [6.45, 7) is 3.05. The van der Waals surface area contributed by atoms with Gasteiger partial charge in [-0.2, -0.15) is 4.98 Å². The molecule has 8 heteroatoms. The van der Waals surface area contributed by atoms with E-state index in [4.69, 9.17) is 9.26 Å². The van der Waals surface area contributed by atoms with E-state index in [2.05, 4.69) is 26.4 Å². The third kappa shape index (κ3) is 5.92. The number of carbonyl (C=O) groups excluding carboxylic acids is 1. The Morgan fingerprint density at radius 3 is 2.94 bits per heavy atom. The predicted molar refractivity (Wildman–Crippen MR) is 120 cm³/mol. The molecule has 1 fully saturated rings. The molecular weight excluding hydrogens is 412 g/mol. The third-order valence-corrected chi connectivity index (χ3v) is 6.47. The molecule has 164 valence electrons. The fourth-order valence-electron chi connectivity index (χ4n) is 3.85. The van der Waals surface area contributed by atoms with Crippen LogP contribution >= 0.6 is 11.3 Å². The maximum atomic E-state index is 12.5. The fraction of sp³-hybridized carbons (Fsp3) is 0.435. The van der Waals surface area contributed by atoms with Crippen LogP contribution in [0.5, 0.6) is 5.75 Å². The summed E-state index contributed by atoms with van der Waals surface area (Å²) >= 11 is 1.60. The van der Waals surface area contributed by atoms with E-state index in [0.29, 0.717) is 24.8 Å². The largest absolute Gasteiger partial charge is 0.497 e. The Kier molecular flexibility index (Phi) is 7.32. The number of nitrogens with one attached hydrogen (secondary N) is 1. The Bertz CT molecular complexity index is 965. The van der Waals surface area contributed by atoms with Crippen LogP contribution in [0.3, 0.4) is 0 Å². The van der Waals surface area contributed by atoms with Gasteiger partial charge >= 0.3 is 0 Å². The summed E-state index contributed by atoms with van der Waals surface area (Å²) < 4.78 is 10.7. The van der Waals surface area contributed by atoms with Crippen molar-refractivity contribution in [2.45, 2.75) is 32.2 Å². The van der Waals surface area contributed by atoms with Gasteiger partial charge in [-0.15, -0.1) is 11.3 Å². The zero-order valence-corrected chi connectivity index (χ0v) is 18.6. The molecule has 31 heavy (non-hydrogen) atoms. The van der Waals surface area contributed by atoms with Crippen molar-refractivity contribution >= 4 is 17.2 Å². The lowest BCUT2D eigenvalue weighted by Crippen LogP contribution is -2.40. The van der Waals surface area contributed by atoms with Gasteiger partial charge in [0.2, 0.25) is 17.6 Å². The van der Waals surface area contributed by atoms with E-state index in [1.165, 1.54) is 5.56 Å². The van der Waals surface area contributed by atoms with Gasteiger partial charge < -0.3 is 14.6 Å². The van der Waals surface area contributed by atoms with Gasteiger partial charge in [0.15, 0.2) is 0 Å². The molecule has 0 aliphatic carbocycles. The van der Waals surface area contributed by atoms with Gasteiger partial charge in [-0.05, 0) is 67.9 Å². The fourth-order valence-corrected chi connectivity index (χ4v) is 4.50. The smallest absolute Gasteiger partial charge is 0.241 e. The van der Waals surface area contributed by atoms with Gasteiger partial charge in [0.25, 0.3) is 0 Å². The Hall–Kier alpha value is -2.71. The minimum atomic E-state index is 0.0810. The van der Waals surface area contributed by atoms with Crippen LogP contribution in [0.15, 0.2) is 46.3 Å². The van der Waals surface area contributed by atoms with E-state index < -0.39 is 0 Å². The second kappa shape index (κ2) is 10.5. The van der Waals surface area contributed by atoms with Gasteiger partial charge in [0, 0.05) is 12.5 Å². The minimum absolute atomic E-state index is 0.0810. The number of hydrogen-bond donors (Lipinski definition) is 1. The average molecular weight is 441 g/mol. The van der Waals surface area contributed by atoms with E-state index in [1.807, 2.05) is 35.7 Å². The molecule has 2 aromatic heterocycles. The molecule has 1 aromatic carbocycles. The van der Waals surface area contributed by atoms with Crippen LogP contribution in [0.1, 0.15) is 30.7 Å². The first kappa shape index (κ1) is 21.5. The van der Waals surface area contributed by atoms with Crippen LogP contribution in [0.25, 0.3) is 10.7 Å². The van der Waals surface area contributed by atoms with Crippen LogP contribution in [0.4, 0.5) is 0 Å². The minimum Gasteiger partial charge on any atom is -0.497 e. The normalized spacial score (nSPS) is 15.1. The van der Waals surface area contributed by atoms with Crippen LogP contribution in [0.2, 0.25) is 0 Å². The topological polar surface area (TPSA) is 80.5 Å². The highest BCUT2D eigenvalue weighted by molar-refractivity contribution is 7.13. The SMILES string of the molecule is COc1cccc(CCCNC(=O)C2CCN(Cc3nc(-c4cccs4)no3)CC2)c1. The van der Waals surface area contributed by atoms with Gasteiger partial charge in [-0.3, -0.25) is 9.69 Å². The number of aryl methyl sites for hydroxylation is 1. The van der Waals surface area contributed by atoms with Crippen LogP contribution in [-0.2, 0) is 17.8 Å². The lowest BCUT2D eigenvalue weighted by atomic mass is 9.96. The molecule has 3 heterocycles. The Morgan fingerprint density at radius 2 is 2.16 bits per heavy atom. The quantitative estimate of drug-likeness (QED) is 0.510. The van der Waals surface area contributed by atoms with Crippen molar-refractivity contribution in [3.8, 4) is 16.5 Å². The molecule has 4 rings (SSSR count). The number of carbonyl (C=O) groups is 1. The summed E-state index contributed by atoms with van der Waals surface area (Å²) in [5.41, 5.74) is 1.23. The van der Waals surface area contributed by atoms with E-state index in [9.17, 15) is 4.79 Å². The lowest BCUT2D eigenvalue weighted by Gasteiger charge is -2.30. The number of piperidine rings is 1. The molecule has 0 spiro atoms. The molecule has 1 aliphatic heterocycles. The van der Waals surface area contributed by atoms with Crippen molar-refractivity contribution < 1.29 is 14.1 Å². The standard InChI is InChI=1S/C23H28N4O3S/c1-29-19-7-2-5-17(15-19)6-3-11-24-23(28)18-9-12-27(13-10-18)16-21-25-22(26-30-21)20-8-4-14-31-20/h2,4-5,7-8,14-15,18H,3,6,9-13,16H2,1H3,(H,24,28). The zero-order chi connectivity index (χ0) is 21.5. The molecule has 3 aromatic rings. The van der Waals surface area contributed by atoms with Crippen molar-refractivity contribution in [2.75, 3.05) is 26.7 Å². The summed E-state index contributed by atoms with van der Waals surface area (Å²) in [5.74, 6) is 2.40. The molecule has 0 radical (unpaired) electrons. The Morgan fingerprint density at radius 1 is 1.29 bits per heavy atom. The number of methoxy groups -OCH3 is 1. The number of nitrogens with zero attached hydrogens (tertiary/aromatic N) is 3. The van der Waals surface area contributed by atoms with Crippen molar-refractivity contribution in [1.82, 2.24) is 20.4 Å². The summed E-state index contributed by atoms with van der Waals surface area (Å²) in [4.78, 5) is 20.3. The molecule has 0 bridgehead atoms. The number of thiophene rings is 1. The number of amides is 1. The number of rotatable bonds is 9. The van der Waals surface area contributed by atoms with Gasteiger partial charge in [0.1, 0.15) is 5.75 Å². The highest BCUT2D eigenvalue weighted by atomic mass is 32.1. The Labute approximate surface area is 186 Å². The maximum Gasteiger partial charge on any atom is 0.241 e. The van der Waals surface area contributed by atoms with Crippen LogP contribution in [0, 0.1) is 5.92 Å². The molecule has 1 saturated heterocycles. The van der Waals surface area contributed by atoms with Gasteiger partial charge in [-0.25, -0.2) is 0 Å². The first-order valence-corrected chi connectivity index (χ1v) is 11.6. The van der Waals surface area contributed by atoms with Crippen molar-refractivity contribution in [3.63, 3.8) is 0 Å². The second-order valence-electron chi connectivity index (χ2n) is 7.79. The Balaban J connectivity index is 1.15. The van der Waals surface area contributed by atoms with E-state index in [0.717, 1.165) is 49.4 Å². The number of ether oxygens (including phenoxy) is 1. The molecular formula is C23H28N4O3S. The predicted octanol–water partition coefficient (Wildman–Crippen LogP) is 3.77. The third-order valence-electron chi connectivity index (χ3n) is 5.60. The number of benzene rings is 1. The highest BCUT2D eigenvalue weighted by Crippen LogP contribution is 2.23. The molecule has 0 unspecified atom stereocenters. The van der Waals surface area contributed by atoms with Crippen LogP contribution < -0.4 is 10.1 Å². The monoisotopic (exact) mass is 440 g/mol. The molecule has 1 N–H and O–H groups in total. The van der Waals surface area contributed by atoms with E-state index >= 15 is 0 Å². The van der Waals surface area contributed by atoms with Crippen molar-refractivity contribution in [1.29, 1.82) is 0 Å². The average Bonchev–Trinajstić information content (AvgIpc) is 3.49. The number of aromatic nitrogens is 2. The first-order chi connectivity index (χ1) is 15.2. The second-order valence-corrected chi connectivity index (χ2v) is 8.73. The first-order valence-electron chi connectivity index (χ1n) is 10.7. The zero-order valence-electron chi connectivity index (χ0n) is 17.8. The number of likely N-dealkylation sites (tertiary alicyclic amines) is 1. The van der Waals surface area contributed by atoms with Crippen LogP contribution in [-0.4, -0.2) is 47.7 Å². The van der Waals surface area contributed by atoms with Crippen molar-refractivity contribution in [2.24, 2.45) is 5.92 Å². The molecule has 1 amide bonds. The molecule has 0 saturated carbocycles. The van der Waals surface area contributed by atoms with Crippen molar-refractivity contribution in [3.05, 3.63) is 53.2 Å². The van der Waals surface area contributed by atoms with Gasteiger partial charge in [0.05, 0.1) is 18.5 Å². The number of hydrogen-bond acceptors (Lipinski definition) is 7. The molecule has 7 nitrogen and oxygen atoms in total. The molecule has 1 aliphatic rings. The maximum absolute atomic E-state index is 12.5. The van der Waals surface area contributed by atoms with Gasteiger partial charge in [-0.1, -0.05) is 23.4 Å². The summed E-state index contributed by atoms with van der Waals surface area (Å²) in [6, 6.07) is 12.0.